The van der Waals surface area contributed by atoms with Gasteiger partial charge in [0, 0.05) is 43.7 Å². The molecule has 0 bridgehead atoms. The van der Waals surface area contributed by atoms with Gasteiger partial charge in [-0.05, 0) is 30.7 Å². The van der Waals surface area contributed by atoms with E-state index in [2.05, 4.69) is 27.1 Å². The number of unbranched alkanes of at least 4 members (excludes halogenated alkanes) is 1. The molecule has 0 aromatic carbocycles. The molecule has 1 aliphatic rings. The molecule has 4 rings (SSSR count). The molecule has 10 heteroatoms. The fourth-order valence-electron chi connectivity index (χ4n) is 4.05. The van der Waals surface area contributed by atoms with Crippen molar-refractivity contribution in [3.05, 3.63) is 49.1 Å². The summed E-state index contributed by atoms with van der Waals surface area (Å²) in [6, 6.07) is 1.99. The topological polar surface area (TPSA) is 105 Å². The van der Waals surface area contributed by atoms with Crippen LogP contribution in [0.4, 0.5) is 0 Å². The molecule has 0 radical (unpaired) electrons. The van der Waals surface area contributed by atoms with Crippen LogP contribution in [0.2, 0.25) is 0 Å². The minimum atomic E-state index is -0.405. The van der Waals surface area contributed by atoms with Crippen LogP contribution in [0.5, 0.6) is 0 Å². The second-order valence-electron chi connectivity index (χ2n) is 8.06. The van der Waals surface area contributed by atoms with Gasteiger partial charge in [-0.25, -0.2) is 9.78 Å². The Hall–Kier alpha value is -2.72. The van der Waals surface area contributed by atoms with Crippen molar-refractivity contribution in [2.24, 2.45) is 7.05 Å². The third-order valence-electron chi connectivity index (χ3n) is 5.91. The summed E-state index contributed by atoms with van der Waals surface area (Å²) < 4.78 is 3.36. The number of amides is 1. The summed E-state index contributed by atoms with van der Waals surface area (Å²) in [5.41, 5.74) is 0.800. The Bertz CT molecular complexity index is 1170. The van der Waals surface area contributed by atoms with E-state index in [-0.39, 0.29) is 11.9 Å². The van der Waals surface area contributed by atoms with Crippen LogP contribution < -0.4 is 16.6 Å². The maximum absolute atomic E-state index is 12.4. The lowest BCUT2D eigenvalue weighted by Gasteiger charge is -2.32. The van der Waals surface area contributed by atoms with Gasteiger partial charge in [-0.15, -0.1) is 0 Å². The minimum absolute atomic E-state index is 0.0145. The number of carbonyl (C=O) groups excluding carboxylic acids is 1. The lowest BCUT2D eigenvalue weighted by molar-refractivity contribution is 0.0908. The first-order valence-electron chi connectivity index (χ1n) is 10.7. The first kappa shape index (κ1) is 21.5. The summed E-state index contributed by atoms with van der Waals surface area (Å²) in [7, 11) is 1.82. The number of fused-ring (bicyclic) bond motifs is 1. The molecule has 0 aliphatic carbocycles. The van der Waals surface area contributed by atoms with Gasteiger partial charge in [-0.1, -0.05) is 13.3 Å². The number of aromatic amines is 1. The van der Waals surface area contributed by atoms with E-state index in [0.717, 1.165) is 44.6 Å². The molecule has 3 aromatic heterocycles. The molecule has 9 nitrogen and oxygen atoms in total. The molecule has 2 N–H and O–H groups in total. The number of H-pyrrole nitrogens is 1. The number of likely N-dealkylation sites (tertiary alicyclic amines) is 1. The molecule has 1 amide bonds. The first-order chi connectivity index (χ1) is 15.0. The molecule has 1 saturated heterocycles. The Morgan fingerprint density at radius 3 is 2.77 bits per heavy atom. The van der Waals surface area contributed by atoms with Crippen molar-refractivity contribution in [1.29, 1.82) is 0 Å². The van der Waals surface area contributed by atoms with Gasteiger partial charge in [-0.3, -0.25) is 24.0 Å². The highest BCUT2D eigenvalue weighted by Crippen LogP contribution is 2.17. The van der Waals surface area contributed by atoms with Crippen molar-refractivity contribution in [2.75, 3.05) is 13.1 Å². The van der Waals surface area contributed by atoms with Crippen LogP contribution >= 0.6 is 11.3 Å². The van der Waals surface area contributed by atoms with Crippen molar-refractivity contribution in [1.82, 2.24) is 29.3 Å². The molecule has 31 heavy (non-hydrogen) atoms. The lowest BCUT2D eigenvalue weighted by Crippen LogP contribution is -2.44. The summed E-state index contributed by atoms with van der Waals surface area (Å²) in [6.45, 7) is 4.85. The molecule has 166 valence electrons. The lowest BCUT2D eigenvalue weighted by atomic mass is 10.0. The van der Waals surface area contributed by atoms with Gasteiger partial charge in [0.25, 0.3) is 11.5 Å². The number of hydrogen-bond acceptors (Lipinski definition) is 6. The monoisotopic (exact) mass is 444 g/mol. The van der Waals surface area contributed by atoms with E-state index in [1.54, 1.807) is 9.13 Å². The van der Waals surface area contributed by atoms with Gasteiger partial charge in [0.1, 0.15) is 5.82 Å². The van der Waals surface area contributed by atoms with Crippen LogP contribution in [0.1, 0.15) is 48.8 Å². The molecule has 4 heterocycles. The van der Waals surface area contributed by atoms with Gasteiger partial charge < -0.3 is 9.88 Å². The van der Waals surface area contributed by atoms with Crippen LogP contribution in [-0.4, -0.2) is 49.0 Å². The zero-order chi connectivity index (χ0) is 22.0. The number of imidazole rings is 1. The Morgan fingerprint density at radius 1 is 1.32 bits per heavy atom. The van der Waals surface area contributed by atoms with E-state index in [0.29, 0.717) is 29.8 Å². The van der Waals surface area contributed by atoms with Crippen LogP contribution in [0.3, 0.4) is 0 Å². The second-order valence-corrected chi connectivity index (χ2v) is 8.84. The number of rotatable bonds is 7. The SMILES string of the molecule is CCCCn1c(=O)[nH]c(=O)c2c1nc(CN1CCC(NC(=O)c3ccsc3)CC1)n2C. The largest absolute Gasteiger partial charge is 0.349 e. The van der Waals surface area contributed by atoms with Gasteiger partial charge in [0.15, 0.2) is 11.2 Å². The van der Waals surface area contributed by atoms with Crippen LogP contribution in [0.25, 0.3) is 11.2 Å². The predicted molar refractivity (Wildman–Crippen MR) is 121 cm³/mol. The van der Waals surface area contributed by atoms with Gasteiger partial charge in [-0.2, -0.15) is 11.3 Å². The molecule has 0 spiro atoms. The Balaban J connectivity index is 1.45. The van der Waals surface area contributed by atoms with Crippen LogP contribution in [0, 0.1) is 0 Å². The van der Waals surface area contributed by atoms with Gasteiger partial charge in [0.2, 0.25) is 0 Å². The highest BCUT2D eigenvalue weighted by atomic mass is 32.1. The number of carbonyl (C=O) groups is 1. The molecule has 1 aliphatic heterocycles. The van der Waals surface area contributed by atoms with E-state index >= 15 is 0 Å². The second kappa shape index (κ2) is 9.19. The maximum Gasteiger partial charge on any atom is 0.330 e. The first-order valence-corrected chi connectivity index (χ1v) is 11.7. The molecule has 3 aromatic rings. The highest BCUT2D eigenvalue weighted by molar-refractivity contribution is 7.08. The molecule has 0 saturated carbocycles. The van der Waals surface area contributed by atoms with Gasteiger partial charge >= 0.3 is 5.69 Å². The minimum Gasteiger partial charge on any atom is -0.349 e. The number of thiophene rings is 1. The van der Waals surface area contributed by atoms with E-state index < -0.39 is 11.2 Å². The average molecular weight is 445 g/mol. The van der Waals surface area contributed by atoms with E-state index in [9.17, 15) is 14.4 Å². The van der Waals surface area contributed by atoms with Crippen molar-refractivity contribution in [3.63, 3.8) is 0 Å². The molecular weight excluding hydrogens is 416 g/mol. The highest BCUT2D eigenvalue weighted by Gasteiger charge is 2.24. The number of hydrogen-bond donors (Lipinski definition) is 2. The summed E-state index contributed by atoms with van der Waals surface area (Å²) in [5.74, 6) is 0.747. The number of piperidine rings is 1. The normalized spacial score (nSPS) is 15.5. The van der Waals surface area contributed by atoms with E-state index in [1.165, 1.54) is 11.3 Å². The summed E-state index contributed by atoms with van der Waals surface area (Å²) in [4.78, 5) is 46.3. The molecule has 1 fully saturated rings. The number of aromatic nitrogens is 4. The zero-order valence-corrected chi connectivity index (χ0v) is 18.7. The third-order valence-corrected chi connectivity index (χ3v) is 6.60. The fraction of sp³-hybridized carbons (Fsp3) is 0.524. The summed E-state index contributed by atoms with van der Waals surface area (Å²) in [6.07, 6.45) is 3.52. The number of nitrogens with zero attached hydrogens (tertiary/aromatic N) is 4. The third kappa shape index (κ3) is 4.49. The van der Waals surface area contributed by atoms with Crippen LogP contribution in [-0.2, 0) is 20.1 Å². The Morgan fingerprint density at radius 2 is 2.10 bits per heavy atom. The smallest absolute Gasteiger partial charge is 0.330 e. The van der Waals surface area contributed by atoms with Crippen LogP contribution in [0.15, 0.2) is 26.4 Å². The zero-order valence-electron chi connectivity index (χ0n) is 17.9. The van der Waals surface area contributed by atoms with Crippen molar-refractivity contribution in [3.8, 4) is 0 Å². The fourth-order valence-corrected chi connectivity index (χ4v) is 4.69. The Kier molecular flexibility index (Phi) is 6.38. The summed E-state index contributed by atoms with van der Waals surface area (Å²) >= 11 is 1.52. The van der Waals surface area contributed by atoms with Crippen molar-refractivity contribution in [2.45, 2.75) is 51.7 Å². The standard InChI is InChI=1S/C21H28N6O3S/c1-3-4-8-27-18-17(20(29)24-21(27)30)25(2)16(23-18)12-26-9-5-15(6-10-26)22-19(28)14-7-11-31-13-14/h7,11,13,15H,3-6,8-10,12H2,1-2H3,(H,22,28)(H,24,29,30). The average Bonchev–Trinajstić information content (AvgIpc) is 3.39. The molecular formula is C21H28N6O3S. The van der Waals surface area contributed by atoms with E-state index in [4.69, 9.17) is 0 Å². The summed E-state index contributed by atoms with van der Waals surface area (Å²) in [5, 5.41) is 6.88. The quantitative estimate of drug-likeness (QED) is 0.577. The van der Waals surface area contributed by atoms with Crippen molar-refractivity contribution >= 4 is 28.4 Å². The molecule has 0 atom stereocenters. The number of nitrogens with one attached hydrogen (secondary N) is 2. The molecule has 0 unspecified atom stereocenters. The van der Waals surface area contributed by atoms with E-state index in [1.807, 2.05) is 23.9 Å². The maximum atomic E-state index is 12.4. The predicted octanol–water partition coefficient (Wildman–Crippen LogP) is 1.68. The van der Waals surface area contributed by atoms with Crippen molar-refractivity contribution < 1.29 is 4.79 Å². The number of aryl methyl sites for hydroxylation is 2. The Labute approximate surface area is 183 Å². The van der Waals surface area contributed by atoms with Gasteiger partial charge in [0.05, 0.1) is 6.54 Å².